The van der Waals surface area contributed by atoms with Crippen molar-refractivity contribution in [3.8, 4) is 0 Å². The first-order valence-electron chi connectivity index (χ1n) is 11.0. The maximum absolute atomic E-state index is 13.6. The Morgan fingerprint density at radius 3 is 2.81 bits per heavy atom. The molecule has 0 radical (unpaired) electrons. The second kappa shape index (κ2) is 8.27. The second-order valence-corrected chi connectivity index (χ2v) is 8.48. The van der Waals surface area contributed by atoms with Crippen molar-refractivity contribution in [2.45, 2.75) is 26.3 Å². The maximum atomic E-state index is 13.6. The molecule has 5 nitrogen and oxygen atoms in total. The van der Waals surface area contributed by atoms with E-state index >= 15 is 0 Å². The number of rotatable bonds is 5. The zero-order chi connectivity index (χ0) is 21.4. The van der Waals surface area contributed by atoms with Crippen molar-refractivity contribution >= 4 is 11.9 Å². The van der Waals surface area contributed by atoms with Crippen molar-refractivity contribution in [1.29, 1.82) is 0 Å². The van der Waals surface area contributed by atoms with Crippen molar-refractivity contribution in [3.05, 3.63) is 82.3 Å². The molecule has 0 bridgehead atoms. The average Bonchev–Trinajstić information content (AvgIpc) is 3.26. The molecule has 0 N–H and O–H groups in total. The summed E-state index contributed by atoms with van der Waals surface area (Å²) < 4.78 is 13.5. The number of amides is 1. The first kappa shape index (κ1) is 19.9. The third kappa shape index (κ3) is 3.88. The van der Waals surface area contributed by atoms with Crippen molar-refractivity contribution in [3.63, 3.8) is 0 Å². The summed E-state index contributed by atoms with van der Waals surface area (Å²) in [6.07, 6.45) is 1.62. The Kier molecular flexibility index (Phi) is 5.32. The van der Waals surface area contributed by atoms with Gasteiger partial charge in [0.2, 0.25) is 5.96 Å². The van der Waals surface area contributed by atoms with Crippen LogP contribution in [0.3, 0.4) is 0 Å². The zero-order valence-corrected chi connectivity index (χ0v) is 17.9. The highest BCUT2D eigenvalue weighted by molar-refractivity contribution is 6.09. The van der Waals surface area contributed by atoms with E-state index in [2.05, 4.69) is 33.8 Å². The molecule has 0 fully saturated rings. The van der Waals surface area contributed by atoms with E-state index in [0.717, 1.165) is 67.4 Å². The van der Waals surface area contributed by atoms with Gasteiger partial charge >= 0.3 is 0 Å². The predicted molar refractivity (Wildman–Crippen MR) is 119 cm³/mol. The predicted octanol–water partition coefficient (Wildman–Crippen LogP) is 3.35. The number of hydrogen-bond acceptors (Lipinski definition) is 4. The van der Waals surface area contributed by atoms with Gasteiger partial charge in [0.15, 0.2) is 0 Å². The van der Waals surface area contributed by atoms with Gasteiger partial charge in [0.1, 0.15) is 5.82 Å². The zero-order valence-electron chi connectivity index (χ0n) is 17.9. The SMILES string of the molecule is Cc1ccccc1CN1C(=O)C2=C(CCN(CCc3cccc(F)c3)C2)N2CCN=C12. The lowest BCUT2D eigenvalue weighted by Gasteiger charge is -2.42. The Morgan fingerprint density at radius 1 is 1.10 bits per heavy atom. The number of carbonyl (C=O) groups excluding carboxylic acids is 1. The molecule has 0 saturated carbocycles. The smallest absolute Gasteiger partial charge is 0.259 e. The molecule has 160 valence electrons. The largest absolute Gasteiger partial charge is 0.314 e. The molecule has 0 atom stereocenters. The minimum Gasteiger partial charge on any atom is -0.314 e. The lowest BCUT2D eigenvalue weighted by atomic mass is 9.99. The molecule has 1 amide bonds. The molecule has 0 aromatic heterocycles. The highest BCUT2D eigenvalue weighted by Crippen LogP contribution is 2.32. The molecular weight excluding hydrogens is 391 g/mol. The third-order valence-corrected chi connectivity index (χ3v) is 6.48. The van der Waals surface area contributed by atoms with E-state index in [4.69, 9.17) is 0 Å². The fourth-order valence-electron chi connectivity index (χ4n) is 4.74. The summed E-state index contributed by atoms with van der Waals surface area (Å²) in [5, 5.41) is 0. The Bertz CT molecular complexity index is 1080. The van der Waals surface area contributed by atoms with Crippen LogP contribution in [0.15, 0.2) is 64.8 Å². The fourth-order valence-corrected chi connectivity index (χ4v) is 4.74. The normalized spacial score (nSPS) is 18.9. The molecule has 6 heteroatoms. The Hall–Kier alpha value is -2.99. The van der Waals surface area contributed by atoms with Crippen molar-refractivity contribution in [2.75, 3.05) is 32.7 Å². The van der Waals surface area contributed by atoms with E-state index < -0.39 is 0 Å². The molecule has 0 spiro atoms. The molecule has 2 aromatic carbocycles. The standard InChI is InChI=1S/C25H27FN4O/c1-18-5-2-3-7-20(18)16-30-24(31)22-17-28(12-9-19-6-4-8-21(26)15-19)13-10-23(22)29-14-11-27-25(29)30/h2-8,15H,9-14,16-17H2,1H3. The fraction of sp³-hybridized carbons (Fsp3) is 0.360. The van der Waals surface area contributed by atoms with Crippen molar-refractivity contribution < 1.29 is 9.18 Å². The highest BCUT2D eigenvalue weighted by atomic mass is 19.1. The third-order valence-electron chi connectivity index (χ3n) is 6.48. The molecule has 0 aliphatic carbocycles. The van der Waals surface area contributed by atoms with Gasteiger partial charge in [0.25, 0.3) is 5.91 Å². The van der Waals surface area contributed by atoms with Gasteiger partial charge in [-0.15, -0.1) is 0 Å². The minimum absolute atomic E-state index is 0.0746. The number of aliphatic imine (C=N–C) groups is 1. The summed E-state index contributed by atoms with van der Waals surface area (Å²) >= 11 is 0. The highest BCUT2D eigenvalue weighted by Gasteiger charge is 2.40. The van der Waals surface area contributed by atoms with Gasteiger partial charge in [0, 0.05) is 38.3 Å². The Labute approximate surface area is 182 Å². The van der Waals surface area contributed by atoms with Crippen LogP contribution >= 0.6 is 0 Å². The summed E-state index contributed by atoms with van der Waals surface area (Å²) in [6, 6.07) is 15.0. The van der Waals surface area contributed by atoms with E-state index in [-0.39, 0.29) is 11.7 Å². The lowest BCUT2D eigenvalue weighted by molar-refractivity contribution is -0.125. The summed E-state index contributed by atoms with van der Waals surface area (Å²) in [5.74, 6) is 0.683. The Morgan fingerprint density at radius 2 is 1.97 bits per heavy atom. The molecule has 31 heavy (non-hydrogen) atoms. The summed E-state index contributed by atoms with van der Waals surface area (Å²) in [5.41, 5.74) is 5.35. The van der Waals surface area contributed by atoms with E-state index in [1.807, 2.05) is 23.1 Å². The lowest BCUT2D eigenvalue weighted by Crippen LogP contribution is -2.54. The van der Waals surface area contributed by atoms with Crippen molar-refractivity contribution in [1.82, 2.24) is 14.7 Å². The van der Waals surface area contributed by atoms with Crippen LogP contribution in [-0.4, -0.2) is 59.3 Å². The van der Waals surface area contributed by atoms with Crippen LogP contribution < -0.4 is 0 Å². The second-order valence-electron chi connectivity index (χ2n) is 8.48. The number of nitrogens with zero attached hydrogens (tertiary/aromatic N) is 4. The van der Waals surface area contributed by atoms with E-state index in [1.54, 1.807) is 12.1 Å². The topological polar surface area (TPSA) is 39.2 Å². The number of fused-ring (bicyclic) bond motifs is 2. The number of aryl methyl sites for hydroxylation is 1. The van der Waals surface area contributed by atoms with E-state index in [0.29, 0.717) is 13.1 Å². The number of halogens is 1. The van der Waals surface area contributed by atoms with Gasteiger partial charge in [-0.25, -0.2) is 4.39 Å². The Balaban J connectivity index is 1.35. The monoisotopic (exact) mass is 418 g/mol. The van der Waals surface area contributed by atoms with Gasteiger partial charge < -0.3 is 4.90 Å². The molecule has 3 aliphatic rings. The maximum Gasteiger partial charge on any atom is 0.259 e. The minimum atomic E-state index is -0.198. The molecule has 2 aromatic rings. The molecule has 0 saturated heterocycles. The number of benzene rings is 2. The van der Waals surface area contributed by atoms with Crippen LogP contribution in [0.4, 0.5) is 4.39 Å². The molecule has 5 rings (SSSR count). The van der Waals surface area contributed by atoms with Crippen LogP contribution in [-0.2, 0) is 17.8 Å². The summed E-state index contributed by atoms with van der Waals surface area (Å²) in [6.45, 7) is 6.55. The number of guanidine groups is 1. The molecule has 3 aliphatic heterocycles. The average molecular weight is 419 g/mol. The van der Waals surface area contributed by atoms with Crippen LogP contribution in [0.1, 0.15) is 23.1 Å². The summed E-state index contributed by atoms with van der Waals surface area (Å²) in [4.78, 5) is 24.7. The van der Waals surface area contributed by atoms with Gasteiger partial charge in [-0.2, -0.15) is 0 Å². The van der Waals surface area contributed by atoms with Crippen LogP contribution in [0.5, 0.6) is 0 Å². The molecule has 3 heterocycles. The van der Waals surface area contributed by atoms with Crippen LogP contribution in [0.2, 0.25) is 0 Å². The molecular formula is C25H27FN4O. The number of hydrogen-bond donors (Lipinski definition) is 0. The van der Waals surface area contributed by atoms with E-state index in [1.165, 1.54) is 11.6 Å². The van der Waals surface area contributed by atoms with Gasteiger partial charge in [-0.3, -0.25) is 19.6 Å². The first-order chi connectivity index (χ1) is 15.1. The van der Waals surface area contributed by atoms with Crippen LogP contribution in [0.25, 0.3) is 0 Å². The van der Waals surface area contributed by atoms with Crippen LogP contribution in [0, 0.1) is 12.7 Å². The quantitative estimate of drug-likeness (QED) is 0.748. The first-order valence-corrected chi connectivity index (χ1v) is 11.0. The van der Waals surface area contributed by atoms with Gasteiger partial charge in [-0.05, 0) is 42.2 Å². The van der Waals surface area contributed by atoms with Crippen molar-refractivity contribution in [2.24, 2.45) is 4.99 Å². The van der Waals surface area contributed by atoms with E-state index in [9.17, 15) is 9.18 Å². The van der Waals surface area contributed by atoms with Gasteiger partial charge in [0.05, 0.1) is 18.7 Å². The molecule has 0 unspecified atom stereocenters. The van der Waals surface area contributed by atoms with Gasteiger partial charge in [-0.1, -0.05) is 36.4 Å². The summed E-state index contributed by atoms with van der Waals surface area (Å²) in [7, 11) is 0. The number of carbonyl (C=O) groups is 1.